The Morgan fingerprint density at radius 2 is 1.85 bits per heavy atom. The van der Waals surface area contributed by atoms with Crippen LogP contribution in [0.1, 0.15) is 32.1 Å². The Balaban J connectivity index is 2.08. The maximum Gasteiger partial charge on any atom is 0.208 e. The Morgan fingerprint density at radius 3 is 2.46 bits per heavy atom. The minimum atomic E-state index is -0.575. The molecular weight excluding hydrogens is 168 g/mol. The van der Waals surface area contributed by atoms with Crippen molar-refractivity contribution in [2.75, 3.05) is 0 Å². The number of ketones is 3. The summed E-state index contributed by atoms with van der Waals surface area (Å²) in [6.45, 7) is 0. The van der Waals surface area contributed by atoms with Crippen molar-refractivity contribution in [2.24, 2.45) is 11.8 Å². The summed E-state index contributed by atoms with van der Waals surface area (Å²) >= 11 is 0. The molecule has 3 heteroatoms. The third kappa shape index (κ3) is 1.55. The van der Waals surface area contributed by atoms with Gasteiger partial charge in [-0.15, -0.1) is 0 Å². The molecule has 0 amide bonds. The van der Waals surface area contributed by atoms with Crippen molar-refractivity contribution in [1.82, 2.24) is 0 Å². The van der Waals surface area contributed by atoms with Crippen LogP contribution in [0.2, 0.25) is 0 Å². The lowest BCUT2D eigenvalue weighted by Crippen LogP contribution is -2.34. The predicted octanol–water partition coefficient (Wildman–Crippen LogP) is 0.904. The summed E-state index contributed by atoms with van der Waals surface area (Å²) in [4.78, 5) is 33.9. The molecule has 2 saturated carbocycles. The van der Waals surface area contributed by atoms with Gasteiger partial charge in [-0.05, 0) is 25.7 Å². The second-order valence-corrected chi connectivity index (χ2v) is 3.91. The molecular formula is C10H12O3. The van der Waals surface area contributed by atoms with Crippen LogP contribution in [0.5, 0.6) is 0 Å². The van der Waals surface area contributed by atoms with Crippen LogP contribution in [0.25, 0.3) is 0 Å². The van der Waals surface area contributed by atoms with Crippen LogP contribution in [-0.2, 0) is 14.4 Å². The quantitative estimate of drug-likeness (QED) is 0.468. The highest BCUT2D eigenvalue weighted by Crippen LogP contribution is 2.35. The van der Waals surface area contributed by atoms with Gasteiger partial charge in [0.1, 0.15) is 5.78 Å². The average Bonchev–Trinajstić information content (AvgIpc) is 2.91. The van der Waals surface area contributed by atoms with E-state index in [4.69, 9.17) is 0 Å². The number of carbonyl (C=O) groups excluding carboxylic acids is 3. The fourth-order valence-electron chi connectivity index (χ4n) is 1.84. The molecule has 0 aromatic rings. The van der Waals surface area contributed by atoms with Crippen molar-refractivity contribution in [1.29, 1.82) is 0 Å². The SMILES string of the molecule is O=C1CCCC(C(=O)C2CC2)C1=O. The maximum atomic E-state index is 11.5. The van der Waals surface area contributed by atoms with Gasteiger partial charge in [0.2, 0.25) is 5.78 Å². The lowest BCUT2D eigenvalue weighted by atomic mass is 9.83. The zero-order valence-electron chi connectivity index (χ0n) is 7.41. The van der Waals surface area contributed by atoms with E-state index in [1.807, 2.05) is 0 Å². The second-order valence-electron chi connectivity index (χ2n) is 3.91. The number of hydrogen-bond acceptors (Lipinski definition) is 3. The lowest BCUT2D eigenvalue weighted by molar-refractivity contribution is -0.145. The van der Waals surface area contributed by atoms with E-state index in [1.54, 1.807) is 0 Å². The van der Waals surface area contributed by atoms with Crippen LogP contribution in [0.3, 0.4) is 0 Å². The van der Waals surface area contributed by atoms with Crippen molar-refractivity contribution in [3.63, 3.8) is 0 Å². The van der Waals surface area contributed by atoms with E-state index in [9.17, 15) is 14.4 Å². The van der Waals surface area contributed by atoms with Crippen molar-refractivity contribution in [3.8, 4) is 0 Å². The van der Waals surface area contributed by atoms with Crippen molar-refractivity contribution in [2.45, 2.75) is 32.1 Å². The predicted molar refractivity (Wildman–Crippen MR) is 45.1 cm³/mol. The summed E-state index contributed by atoms with van der Waals surface area (Å²) in [7, 11) is 0. The minimum absolute atomic E-state index is 0.0260. The Kier molecular flexibility index (Phi) is 2.02. The van der Waals surface area contributed by atoms with E-state index >= 15 is 0 Å². The Hall–Kier alpha value is -0.990. The van der Waals surface area contributed by atoms with Gasteiger partial charge < -0.3 is 0 Å². The molecule has 0 saturated heterocycles. The molecule has 1 unspecified atom stereocenters. The highest BCUT2D eigenvalue weighted by Gasteiger charge is 2.41. The van der Waals surface area contributed by atoms with Crippen LogP contribution < -0.4 is 0 Å². The molecule has 0 aromatic heterocycles. The van der Waals surface area contributed by atoms with Crippen LogP contribution in [0.15, 0.2) is 0 Å². The summed E-state index contributed by atoms with van der Waals surface area (Å²) in [5.74, 6) is -1.22. The maximum absolute atomic E-state index is 11.5. The smallest absolute Gasteiger partial charge is 0.208 e. The molecule has 0 heterocycles. The molecule has 2 fully saturated rings. The van der Waals surface area contributed by atoms with E-state index in [2.05, 4.69) is 0 Å². The first-order valence-electron chi connectivity index (χ1n) is 4.81. The summed E-state index contributed by atoms with van der Waals surface area (Å²) in [6, 6.07) is 0. The first-order valence-corrected chi connectivity index (χ1v) is 4.81. The zero-order valence-corrected chi connectivity index (χ0v) is 7.41. The van der Waals surface area contributed by atoms with Gasteiger partial charge in [0, 0.05) is 12.3 Å². The van der Waals surface area contributed by atoms with Gasteiger partial charge in [-0.1, -0.05) is 0 Å². The van der Waals surface area contributed by atoms with E-state index in [1.165, 1.54) is 0 Å². The fraction of sp³-hybridized carbons (Fsp3) is 0.700. The van der Waals surface area contributed by atoms with Crippen molar-refractivity contribution < 1.29 is 14.4 Å². The monoisotopic (exact) mass is 180 g/mol. The Labute approximate surface area is 76.5 Å². The molecule has 1 atom stereocenters. The molecule has 0 aromatic carbocycles. The van der Waals surface area contributed by atoms with Gasteiger partial charge in [-0.3, -0.25) is 14.4 Å². The van der Waals surface area contributed by atoms with E-state index in [0.717, 1.165) is 12.8 Å². The highest BCUT2D eigenvalue weighted by atomic mass is 16.2. The minimum Gasteiger partial charge on any atom is -0.299 e. The first-order chi connectivity index (χ1) is 6.20. The third-order valence-corrected chi connectivity index (χ3v) is 2.81. The zero-order chi connectivity index (χ0) is 9.42. The lowest BCUT2D eigenvalue weighted by Gasteiger charge is -2.17. The van der Waals surface area contributed by atoms with Gasteiger partial charge >= 0.3 is 0 Å². The molecule has 0 spiro atoms. The van der Waals surface area contributed by atoms with Crippen LogP contribution in [0, 0.1) is 11.8 Å². The normalized spacial score (nSPS) is 29.1. The summed E-state index contributed by atoms with van der Waals surface area (Å²) in [5.41, 5.74) is 0. The number of hydrogen-bond donors (Lipinski definition) is 0. The van der Waals surface area contributed by atoms with Gasteiger partial charge in [-0.2, -0.15) is 0 Å². The Bertz CT molecular complexity index is 276. The van der Waals surface area contributed by atoms with E-state index < -0.39 is 11.7 Å². The molecule has 2 aliphatic rings. The molecule has 3 nitrogen and oxygen atoms in total. The van der Waals surface area contributed by atoms with Crippen molar-refractivity contribution >= 4 is 17.3 Å². The Morgan fingerprint density at radius 1 is 1.15 bits per heavy atom. The summed E-state index contributed by atoms with van der Waals surface area (Å²) < 4.78 is 0. The highest BCUT2D eigenvalue weighted by molar-refractivity contribution is 6.42. The molecule has 0 radical (unpaired) electrons. The van der Waals surface area contributed by atoms with Crippen LogP contribution in [-0.4, -0.2) is 17.3 Å². The standard InChI is InChI=1S/C10H12O3/c11-8-3-1-2-7(10(8)13)9(12)6-4-5-6/h6-7H,1-5H2. The van der Waals surface area contributed by atoms with Gasteiger partial charge in [0.15, 0.2) is 5.78 Å². The fourth-order valence-corrected chi connectivity index (χ4v) is 1.84. The van der Waals surface area contributed by atoms with Gasteiger partial charge in [0.25, 0.3) is 0 Å². The molecule has 0 N–H and O–H groups in total. The summed E-state index contributed by atoms with van der Waals surface area (Å²) in [5, 5.41) is 0. The molecule has 0 aliphatic heterocycles. The van der Waals surface area contributed by atoms with E-state index in [0.29, 0.717) is 19.3 Å². The molecule has 70 valence electrons. The topological polar surface area (TPSA) is 51.2 Å². The summed E-state index contributed by atoms with van der Waals surface area (Å²) in [6.07, 6.45) is 3.47. The molecule has 0 bridgehead atoms. The largest absolute Gasteiger partial charge is 0.299 e. The van der Waals surface area contributed by atoms with Crippen LogP contribution in [0.4, 0.5) is 0 Å². The van der Waals surface area contributed by atoms with Gasteiger partial charge in [-0.25, -0.2) is 0 Å². The molecule has 13 heavy (non-hydrogen) atoms. The van der Waals surface area contributed by atoms with Gasteiger partial charge in [0.05, 0.1) is 5.92 Å². The first kappa shape index (κ1) is 8.60. The average molecular weight is 180 g/mol. The molecule has 2 aliphatic carbocycles. The second kappa shape index (κ2) is 3.05. The third-order valence-electron chi connectivity index (χ3n) is 2.81. The number of rotatable bonds is 2. The molecule has 2 rings (SSSR count). The van der Waals surface area contributed by atoms with Crippen molar-refractivity contribution in [3.05, 3.63) is 0 Å². The number of Topliss-reactive ketones (excluding diaryl/α,β-unsaturated/α-hetero) is 3. The van der Waals surface area contributed by atoms with Crippen LogP contribution >= 0.6 is 0 Å². The van der Waals surface area contributed by atoms with E-state index in [-0.39, 0.29) is 17.5 Å². The number of carbonyl (C=O) groups is 3.